The molecule has 0 aromatic heterocycles. The fourth-order valence-corrected chi connectivity index (χ4v) is 5.10. The predicted octanol–water partition coefficient (Wildman–Crippen LogP) is 6.25. The summed E-state index contributed by atoms with van der Waals surface area (Å²) in [4.78, 5) is 30.0. The van der Waals surface area contributed by atoms with E-state index in [1.54, 1.807) is 36.4 Å². The van der Waals surface area contributed by atoms with Crippen LogP contribution in [-0.2, 0) is 16.2 Å². The van der Waals surface area contributed by atoms with Gasteiger partial charge >= 0.3 is 0 Å². The van der Waals surface area contributed by atoms with Crippen LogP contribution in [0.3, 0.4) is 0 Å². The molecule has 1 atom stereocenters. The first-order valence-electron chi connectivity index (χ1n) is 12.3. The first-order valence-corrected chi connectivity index (χ1v) is 13.1. The van der Waals surface area contributed by atoms with Crippen LogP contribution in [0.2, 0.25) is 10.0 Å². The van der Waals surface area contributed by atoms with E-state index in [-0.39, 0.29) is 11.3 Å². The molecule has 0 saturated carbocycles. The molecular formula is C30H30Cl2N2O4. The Kier molecular flexibility index (Phi) is 8.77. The number of aliphatic hydroxyl groups is 1. The largest absolute Gasteiger partial charge is 0.507 e. The quantitative estimate of drug-likeness (QED) is 0.193. The summed E-state index contributed by atoms with van der Waals surface area (Å²) in [5.74, 6) is -1.03. The normalized spacial score (nSPS) is 16.9. The van der Waals surface area contributed by atoms with Crippen LogP contribution in [0.5, 0.6) is 5.75 Å². The number of aryl methyl sites for hydroxylation is 1. The van der Waals surface area contributed by atoms with Gasteiger partial charge < -0.3 is 19.6 Å². The maximum Gasteiger partial charge on any atom is 0.295 e. The first kappa shape index (κ1) is 27.7. The van der Waals surface area contributed by atoms with Gasteiger partial charge in [-0.25, -0.2) is 0 Å². The van der Waals surface area contributed by atoms with E-state index in [9.17, 15) is 14.7 Å². The molecule has 6 nitrogen and oxygen atoms in total. The average Bonchev–Trinajstić information content (AvgIpc) is 3.12. The number of halogens is 2. The summed E-state index contributed by atoms with van der Waals surface area (Å²) in [5, 5.41) is 12.2. The Hall–Kier alpha value is -3.32. The van der Waals surface area contributed by atoms with Crippen molar-refractivity contribution in [2.24, 2.45) is 0 Å². The molecule has 3 aromatic carbocycles. The first-order chi connectivity index (χ1) is 18.2. The van der Waals surface area contributed by atoms with Crippen LogP contribution < -0.4 is 4.74 Å². The van der Waals surface area contributed by atoms with Crippen molar-refractivity contribution in [1.29, 1.82) is 0 Å². The third-order valence-electron chi connectivity index (χ3n) is 6.50. The molecule has 0 radical (unpaired) electrons. The van der Waals surface area contributed by atoms with Crippen LogP contribution in [0.15, 0.2) is 72.3 Å². The molecule has 0 bridgehead atoms. The van der Waals surface area contributed by atoms with E-state index >= 15 is 0 Å². The van der Waals surface area contributed by atoms with Crippen molar-refractivity contribution >= 4 is 40.7 Å². The van der Waals surface area contributed by atoms with Gasteiger partial charge in [-0.05, 0) is 81.0 Å². The SMILES string of the molecule is Cc1cc(OCc2ccccc2)ccc1/C(O)=C1\C(=O)C(=O)N(CCCN(C)C)[C@H]1c1ccc(Cl)cc1Cl. The van der Waals surface area contributed by atoms with Crippen molar-refractivity contribution in [1.82, 2.24) is 9.80 Å². The molecule has 1 N–H and O–H groups in total. The second-order valence-electron chi connectivity index (χ2n) is 9.57. The van der Waals surface area contributed by atoms with Gasteiger partial charge in [-0.2, -0.15) is 0 Å². The molecule has 1 amide bonds. The van der Waals surface area contributed by atoms with Gasteiger partial charge in [-0.15, -0.1) is 0 Å². The smallest absolute Gasteiger partial charge is 0.295 e. The van der Waals surface area contributed by atoms with Crippen LogP contribution in [0.4, 0.5) is 0 Å². The van der Waals surface area contributed by atoms with Crippen LogP contribution in [0.25, 0.3) is 5.76 Å². The van der Waals surface area contributed by atoms with Crippen LogP contribution in [0.1, 0.15) is 34.7 Å². The molecule has 8 heteroatoms. The van der Waals surface area contributed by atoms with Gasteiger partial charge in [-0.3, -0.25) is 9.59 Å². The highest BCUT2D eigenvalue weighted by Crippen LogP contribution is 2.43. The van der Waals surface area contributed by atoms with Gasteiger partial charge in [-0.1, -0.05) is 59.6 Å². The van der Waals surface area contributed by atoms with Crippen molar-refractivity contribution in [2.45, 2.75) is 26.0 Å². The zero-order valence-electron chi connectivity index (χ0n) is 21.6. The number of rotatable bonds is 9. The van der Waals surface area contributed by atoms with Gasteiger partial charge in [0.05, 0.1) is 11.6 Å². The summed E-state index contributed by atoms with van der Waals surface area (Å²) in [7, 11) is 3.88. The lowest BCUT2D eigenvalue weighted by atomic mass is 9.93. The molecule has 1 saturated heterocycles. The fourth-order valence-electron chi connectivity index (χ4n) is 4.59. The lowest BCUT2D eigenvalue weighted by Crippen LogP contribution is -2.32. The monoisotopic (exact) mass is 552 g/mol. The Bertz CT molecular complexity index is 1370. The number of hydrogen-bond acceptors (Lipinski definition) is 5. The zero-order chi connectivity index (χ0) is 27.4. The highest BCUT2D eigenvalue weighted by Gasteiger charge is 2.46. The number of amides is 1. The van der Waals surface area contributed by atoms with E-state index in [4.69, 9.17) is 27.9 Å². The molecule has 0 aliphatic carbocycles. The predicted molar refractivity (Wildman–Crippen MR) is 151 cm³/mol. The molecule has 1 heterocycles. The number of carbonyl (C=O) groups is 2. The number of carbonyl (C=O) groups excluding carboxylic acids is 2. The number of hydrogen-bond donors (Lipinski definition) is 1. The molecular weight excluding hydrogens is 523 g/mol. The molecule has 1 aliphatic rings. The number of nitrogens with zero attached hydrogens (tertiary/aromatic N) is 2. The average molecular weight is 553 g/mol. The van der Waals surface area contributed by atoms with E-state index < -0.39 is 17.7 Å². The molecule has 3 aromatic rings. The second-order valence-corrected chi connectivity index (χ2v) is 10.4. The number of ether oxygens (including phenoxy) is 1. The van der Waals surface area contributed by atoms with Crippen molar-refractivity contribution < 1.29 is 19.4 Å². The Morgan fingerprint density at radius 3 is 2.42 bits per heavy atom. The van der Waals surface area contributed by atoms with E-state index in [2.05, 4.69) is 0 Å². The number of Topliss-reactive ketones (excluding diaryl/α,β-unsaturated/α-hetero) is 1. The van der Waals surface area contributed by atoms with Gasteiger partial charge in [0.25, 0.3) is 11.7 Å². The minimum Gasteiger partial charge on any atom is -0.507 e. The Balaban J connectivity index is 1.71. The van der Waals surface area contributed by atoms with Crippen LogP contribution in [0, 0.1) is 6.92 Å². The summed E-state index contributed by atoms with van der Waals surface area (Å²) < 4.78 is 5.91. The summed E-state index contributed by atoms with van der Waals surface area (Å²) in [6.07, 6.45) is 0.647. The number of ketones is 1. The Labute approximate surface area is 233 Å². The van der Waals surface area contributed by atoms with Crippen molar-refractivity contribution in [3.05, 3.63) is 105 Å². The van der Waals surface area contributed by atoms with E-state index in [0.29, 0.717) is 52.1 Å². The maximum absolute atomic E-state index is 13.3. The fraction of sp³-hybridized carbons (Fsp3) is 0.267. The van der Waals surface area contributed by atoms with E-state index in [1.807, 2.05) is 56.3 Å². The molecule has 4 rings (SSSR count). The van der Waals surface area contributed by atoms with Crippen LogP contribution >= 0.6 is 23.2 Å². The summed E-state index contributed by atoms with van der Waals surface area (Å²) in [6, 6.07) is 19.1. The molecule has 1 fully saturated rings. The van der Waals surface area contributed by atoms with Gasteiger partial charge in [0.15, 0.2) is 0 Å². The number of likely N-dealkylation sites (tertiary alicyclic amines) is 1. The highest BCUT2D eigenvalue weighted by molar-refractivity contribution is 6.47. The topological polar surface area (TPSA) is 70.1 Å². The minimum absolute atomic E-state index is 0.00475. The second kappa shape index (κ2) is 12.0. The molecule has 0 unspecified atom stereocenters. The Morgan fingerprint density at radius 2 is 1.76 bits per heavy atom. The Morgan fingerprint density at radius 1 is 1.03 bits per heavy atom. The molecule has 38 heavy (non-hydrogen) atoms. The van der Waals surface area contributed by atoms with Gasteiger partial charge in [0.1, 0.15) is 18.1 Å². The van der Waals surface area contributed by atoms with Crippen LogP contribution in [-0.4, -0.2) is 53.8 Å². The molecule has 198 valence electrons. The zero-order valence-corrected chi connectivity index (χ0v) is 23.1. The third-order valence-corrected chi connectivity index (χ3v) is 7.07. The van der Waals surface area contributed by atoms with Gasteiger partial charge in [0.2, 0.25) is 0 Å². The van der Waals surface area contributed by atoms with E-state index in [1.165, 1.54) is 4.90 Å². The van der Waals surface area contributed by atoms with Crippen molar-refractivity contribution in [2.75, 3.05) is 27.2 Å². The summed E-state index contributed by atoms with van der Waals surface area (Å²) in [5.41, 5.74) is 2.71. The molecule has 0 spiro atoms. The summed E-state index contributed by atoms with van der Waals surface area (Å²) >= 11 is 12.7. The summed E-state index contributed by atoms with van der Waals surface area (Å²) in [6.45, 7) is 3.28. The lowest BCUT2D eigenvalue weighted by molar-refractivity contribution is -0.139. The standard InChI is InChI=1S/C30H30Cl2N2O4/c1-19-16-22(38-18-20-8-5-4-6-9-20)11-13-23(19)28(35)26-27(24-12-10-21(31)17-25(24)32)34(30(37)29(26)36)15-7-14-33(2)3/h4-6,8-13,16-17,27,35H,7,14-15,18H2,1-3H3/b28-26+/t27-/m0/s1. The van der Waals surface area contributed by atoms with Gasteiger partial charge in [0, 0.05) is 22.2 Å². The number of aliphatic hydroxyl groups excluding tert-OH is 1. The molecule has 1 aliphatic heterocycles. The number of benzene rings is 3. The maximum atomic E-state index is 13.3. The van der Waals surface area contributed by atoms with Crippen molar-refractivity contribution in [3.63, 3.8) is 0 Å². The minimum atomic E-state index is -0.838. The highest BCUT2D eigenvalue weighted by atomic mass is 35.5. The third kappa shape index (κ3) is 6.04. The van der Waals surface area contributed by atoms with E-state index in [0.717, 1.165) is 12.1 Å². The van der Waals surface area contributed by atoms with Crippen molar-refractivity contribution in [3.8, 4) is 5.75 Å². The lowest BCUT2D eigenvalue weighted by Gasteiger charge is -2.26.